The van der Waals surface area contributed by atoms with Crippen molar-refractivity contribution in [3.63, 3.8) is 0 Å². The molecular formula is C23H20O7S. The van der Waals surface area contributed by atoms with Crippen LogP contribution in [0, 0.1) is 0 Å². The largest absolute Gasteiger partial charge is 0.508 e. The van der Waals surface area contributed by atoms with Crippen LogP contribution in [-0.4, -0.2) is 35.5 Å². The van der Waals surface area contributed by atoms with Gasteiger partial charge in [0.1, 0.15) is 23.0 Å². The summed E-state index contributed by atoms with van der Waals surface area (Å²) in [4.78, 5) is 13.3. The van der Waals surface area contributed by atoms with Gasteiger partial charge in [0.05, 0.1) is 24.0 Å². The first-order valence-electron chi connectivity index (χ1n) is 9.04. The first kappa shape index (κ1) is 21.9. The summed E-state index contributed by atoms with van der Waals surface area (Å²) in [5.41, 5.74) is 0.703. The molecular weight excluding hydrogens is 420 g/mol. The van der Waals surface area contributed by atoms with Gasteiger partial charge in [-0.15, -0.1) is 0 Å². The molecule has 160 valence electrons. The van der Waals surface area contributed by atoms with Crippen molar-refractivity contribution in [3.05, 3.63) is 66.2 Å². The van der Waals surface area contributed by atoms with E-state index in [1.807, 2.05) is 0 Å². The second kappa shape index (κ2) is 9.82. The number of hydrogen-bond acceptors (Lipinski definition) is 8. The topological polar surface area (TPSA) is 105 Å². The fourth-order valence-corrected chi connectivity index (χ4v) is 3.51. The number of esters is 1. The van der Waals surface area contributed by atoms with Gasteiger partial charge in [0.15, 0.2) is 11.5 Å². The Morgan fingerprint density at radius 1 is 0.806 bits per heavy atom. The van der Waals surface area contributed by atoms with Crippen LogP contribution >= 0.6 is 11.8 Å². The fourth-order valence-electron chi connectivity index (χ4n) is 2.63. The van der Waals surface area contributed by atoms with E-state index in [9.17, 15) is 20.1 Å². The predicted molar refractivity (Wildman–Crippen MR) is 116 cm³/mol. The predicted octanol–water partition coefficient (Wildman–Crippen LogP) is 4.59. The molecule has 0 aliphatic rings. The summed E-state index contributed by atoms with van der Waals surface area (Å²) in [5.74, 6) is 0.297. The van der Waals surface area contributed by atoms with Gasteiger partial charge >= 0.3 is 5.97 Å². The highest BCUT2D eigenvalue weighted by Gasteiger charge is 2.13. The third-order valence-electron chi connectivity index (χ3n) is 4.12. The Balaban J connectivity index is 1.78. The summed E-state index contributed by atoms with van der Waals surface area (Å²) in [5, 5.41) is 29.2. The molecule has 7 nitrogen and oxygen atoms in total. The van der Waals surface area contributed by atoms with Gasteiger partial charge in [-0.3, -0.25) is 0 Å². The fraction of sp³-hybridized carbons (Fsp3) is 0.0870. The maximum Gasteiger partial charge on any atom is 0.336 e. The Bertz CT molecular complexity index is 1120. The quantitative estimate of drug-likeness (QED) is 0.278. The van der Waals surface area contributed by atoms with Crippen LogP contribution < -0.4 is 14.2 Å². The molecule has 0 heterocycles. The lowest BCUT2D eigenvalue weighted by Gasteiger charge is -2.10. The molecule has 3 rings (SSSR count). The lowest BCUT2D eigenvalue weighted by Crippen LogP contribution is -2.04. The third kappa shape index (κ3) is 5.64. The van der Waals surface area contributed by atoms with Gasteiger partial charge in [0, 0.05) is 18.2 Å². The highest BCUT2D eigenvalue weighted by atomic mass is 32.2. The number of phenols is 3. The Morgan fingerprint density at radius 3 is 2.16 bits per heavy atom. The molecule has 0 radical (unpaired) electrons. The second-order valence-corrected chi connectivity index (χ2v) is 7.34. The van der Waals surface area contributed by atoms with Gasteiger partial charge in [-0.1, -0.05) is 17.8 Å². The summed E-state index contributed by atoms with van der Waals surface area (Å²) >= 11 is 1.12. The molecule has 0 saturated heterocycles. The monoisotopic (exact) mass is 440 g/mol. The van der Waals surface area contributed by atoms with E-state index in [0.29, 0.717) is 26.9 Å². The van der Waals surface area contributed by atoms with Crippen LogP contribution in [0.25, 0.3) is 6.08 Å². The molecule has 0 amide bonds. The number of carbonyl (C=O) groups excluding carboxylic acids is 1. The van der Waals surface area contributed by atoms with E-state index in [2.05, 4.69) is 0 Å². The zero-order valence-electron chi connectivity index (χ0n) is 16.7. The Hall–Kier alpha value is -3.78. The van der Waals surface area contributed by atoms with Crippen LogP contribution in [0.3, 0.4) is 0 Å². The normalized spacial score (nSPS) is 10.8. The highest BCUT2D eigenvalue weighted by molar-refractivity contribution is 7.99. The number of phenolic OH excluding ortho intramolecular Hbond substituents is 3. The van der Waals surface area contributed by atoms with Crippen LogP contribution in [0.1, 0.15) is 5.56 Å². The maximum atomic E-state index is 12.4. The third-order valence-corrected chi connectivity index (χ3v) is 5.24. The minimum absolute atomic E-state index is 0.0699. The number of hydrogen-bond donors (Lipinski definition) is 3. The molecule has 31 heavy (non-hydrogen) atoms. The average molecular weight is 440 g/mol. The molecule has 0 bridgehead atoms. The maximum absolute atomic E-state index is 12.4. The minimum atomic E-state index is -0.655. The van der Waals surface area contributed by atoms with Gasteiger partial charge in [-0.2, -0.15) is 0 Å². The Morgan fingerprint density at radius 2 is 1.48 bits per heavy atom. The van der Waals surface area contributed by atoms with E-state index in [-0.39, 0.29) is 23.0 Å². The number of ether oxygens (including phenoxy) is 3. The van der Waals surface area contributed by atoms with E-state index in [1.165, 1.54) is 50.6 Å². The van der Waals surface area contributed by atoms with Crippen molar-refractivity contribution >= 4 is 23.8 Å². The molecule has 0 atom stereocenters. The second-order valence-electron chi connectivity index (χ2n) is 6.25. The summed E-state index contributed by atoms with van der Waals surface area (Å²) in [6, 6.07) is 13.7. The number of rotatable bonds is 7. The summed E-state index contributed by atoms with van der Waals surface area (Å²) < 4.78 is 15.8. The molecule has 0 aliphatic heterocycles. The smallest absolute Gasteiger partial charge is 0.336 e. The van der Waals surface area contributed by atoms with Crippen molar-refractivity contribution in [2.24, 2.45) is 0 Å². The molecule has 0 saturated carbocycles. The molecule has 3 aromatic carbocycles. The summed E-state index contributed by atoms with van der Waals surface area (Å²) in [6.45, 7) is 0. The van der Waals surface area contributed by atoms with E-state index in [1.54, 1.807) is 30.3 Å². The number of benzene rings is 3. The van der Waals surface area contributed by atoms with Crippen molar-refractivity contribution in [1.29, 1.82) is 0 Å². The van der Waals surface area contributed by atoms with E-state index in [4.69, 9.17) is 14.2 Å². The summed E-state index contributed by atoms with van der Waals surface area (Å²) in [7, 11) is 3.06. The average Bonchev–Trinajstić information content (AvgIpc) is 2.75. The van der Waals surface area contributed by atoms with Crippen LogP contribution in [0.5, 0.6) is 34.5 Å². The van der Waals surface area contributed by atoms with E-state index >= 15 is 0 Å². The zero-order chi connectivity index (χ0) is 22.4. The Kier molecular flexibility index (Phi) is 6.94. The zero-order valence-corrected chi connectivity index (χ0v) is 17.6. The van der Waals surface area contributed by atoms with Crippen molar-refractivity contribution < 1.29 is 34.3 Å². The van der Waals surface area contributed by atoms with Crippen LogP contribution in [0.2, 0.25) is 0 Å². The lowest BCUT2D eigenvalue weighted by atomic mass is 10.2. The van der Waals surface area contributed by atoms with Gasteiger partial charge in [0.2, 0.25) is 0 Å². The van der Waals surface area contributed by atoms with Crippen molar-refractivity contribution in [2.45, 2.75) is 9.79 Å². The van der Waals surface area contributed by atoms with Crippen LogP contribution in [0.4, 0.5) is 0 Å². The van der Waals surface area contributed by atoms with Gasteiger partial charge in [-0.05, 0) is 48.0 Å². The van der Waals surface area contributed by atoms with E-state index < -0.39 is 5.97 Å². The molecule has 0 aromatic heterocycles. The molecule has 3 N–H and O–H groups in total. The van der Waals surface area contributed by atoms with E-state index in [0.717, 1.165) is 11.8 Å². The van der Waals surface area contributed by atoms with Gasteiger partial charge in [0.25, 0.3) is 0 Å². The molecule has 0 fully saturated rings. The number of aromatic hydroxyl groups is 3. The van der Waals surface area contributed by atoms with Crippen molar-refractivity contribution in [3.8, 4) is 34.5 Å². The molecule has 0 unspecified atom stereocenters. The SMILES string of the molecule is COc1ccc(C=CC(=O)Oc2cc(O)ccc2Sc2ccc(O)cc2O)cc1OC. The Labute approximate surface area is 183 Å². The molecule has 3 aromatic rings. The van der Waals surface area contributed by atoms with Crippen molar-refractivity contribution in [2.75, 3.05) is 14.2 Å². The van der Waals surface area contributed by atoms with Crippen LogP contribution in [-0.2, 0) is 4.79 Å². The molecule has 0 aliphatic carbocycles. The standard InChI is InChI=1S/C23H20O7S/c1-28-18-7-3-14(11-19(18)29-2)4-10-23(27)30-20-13-16(25)6-9-22(20)31-21-8-5-15(24)12-17(21)26/h3-13,24-26H,1-2H3. The molecule has 8 heteroatoms. The van der Waals surface area contributed by atoms with Gasteiger partial charge in [-0.25, -0.2) is 4.79 Å². The van der Waals surface area contributed by atoms with Crippen LogP contribution in [0.15, 0.2) is 70.5 Å². The first-order chi connectivity index (χ1) is 14.9. The highest BCUT2D eigenvalue weighted by Crippen LogP contribution is 2.41. The molecule has 0 spiro atoms. The lowest BCUT2D eigenvalue weighted by molar-refractivity contribution is -0.129. The number of carbonyl (C=O) groups is 1. The number of methoxy groups -OCH3 is 2. The first-order valence-corrected chi connectivity index (χ1v) is 9.86. The van der Waals surface area contributed by atoms with Gasteiger partial charge < -0.3 is 29.5 Å². The minimum Gasteiger partial charge on any atom is -0.508 e. The summed E-state index contributed by atoms with van der Waals surface area (Å²) in [6.07, 6.45) is 2.81. The van der Waals surface area contributed by atoms with Crippen molar-refractivity contribution in [1.82, 2.24) is 0 Å².